The Morgan fingerprint density at radius 3 is 2.31 bits per heavy atom. The van der Waals surface area contributed by atoms with Crippen LogP contribution < -0.4 is 4.18 Å². The Hall–Kier alpha value is -2.96. The van der Waals surface area contributed by atoms with Crippen molar-refractivity contribution in [3.8, 4) is 16.9 Å². The van der Waals surface area contributed by atoms with Crippen molar-refractivity contribution in [2.75, 3.05) is 0 Å². The minimum absolute atomic E-state index is 0.0867. The van der Waals surface area contributed by atoms with Crippen LogP contribution in [-0.2, 0) is 14.9 Å². The maximum absolute atomic E-state index is 13.3. The summed E-state index contributed by atoms with van der Waals surface area (Å²) in [6.07, 6.45) is 3.27. The molecule has 0 aliphatic carbocycles. The van der Waals surface area contributed by atoms with Gasteiger partial charge in [0.2, 0.25) is 0 Å². The van der Waals surface area contributed by atoms with Crippen LogP contribution in [0.3, 0.4) is 0 Å². The van der Waals surface area contributed by atoms with Crippen LogP contribution in [0, 0.1) is 12.7 Å². The number of hydrogen-bond donors (Lipinski definition) is 0. The van der Waals surface area contributed by atoms with Gasteiger partial charge in [-0.1, -0.05) is 42.0 Å². The number of aryl methyl sites for hydroxylation is 1. The van der Waals surface area contributed by atoms with Crippen molar-refractivity contribution >= 4 is 10.1 Å². The highest BCUT2D eigenvalue weighted by Gasteiger charge is 2.38. The molecule has 4 nitrogen and oxygen atoms in total. The fourth-order valence-electron chi connectivity index (χ4n) is 3.73. The average molecular weight is 408 g/mol. The highest BCUT2D eigenvalue weighted by Crippen LogP contribution is 2.51. The number of benzene rings is 3. The molecule has 2 atom stereocenters. The largest absolute Gasteiger partial charge is 0.379 e. The first kappa shape index (κ1) is 18.1. The predicted molar refractivity (Wildman–Crippen MR) is 107 cm³/mol. The summed E-state index contributed by atoms with van der Waals surface area (Å²) in [6.45, 7) is 1.89. The Balaban J connectivity index is 1.61. The molecule has 29 heavy (non-hydrogen) atoms. The Kier molecular flexibility index (Phi) is 4.08. The van der Waals surface area contributed by atoms with Crippen LogP contribution in [0.4, 0.5) is 4.39 Å². The molecule has 0 spiro atoms. The van der Waals surface area contributed by atoms with E-state index in [1.54, 1.807) is 30.3 Å². The monoisotopic (exact) mass is 408 g/mol. The summed E-state index contributed by atoms with van der Waals surface area (Å²) in [7, 11) is -4.01. The first-order chi connectivity index (χ1) is 13.9. The second-order valence-electron chi connectivity index (χ2n) is 7.20. The van der Waals surface area contributed by atoms with E-state index < -0.39 is 10.1 Å². The SMILES string of the molecule is Cc1ccc(S(=O)(=O)Oc2cc(-c3ccc(F)cc3)cc3c2C2C=CC3O2)cc1. The van der Waals surface area contributed by atoms with Crippen molar-refractivity contribution < 1.29 is 21.7 Å². The molecule has 6 heteroatoms. The number of ether oxygens (including phenoxy) is 1. The van der Waals surface area contributed by atoms with E-state index in [-0.39, 0.29) is 28.7 Å². The lowest BCUT2D eigenvalue weighted by Crippen LogP contribution is -2.12. The van der Waals surface area contributed by atoms with Crippen molar-refractivity contribution in [2.45, 2.75) is 24.0 Å². The lowest BCUT2D eigenvalue weighted by atomic mass is 9.92. The Bertz CT molecular complexity index is 1230. The highest BCUT2D eigenvalue weighted by molar-refractivity contribution is 7.87. The molecule has 0 saturated carbocycles. The van der Waals surface area contributed by atoms with Gasteiger partial charge in [-0.3, -0.25) is 0 Å². The second kappa shape index (κ2) is 6.54. The molecule has 2 heterocycles. The van der Waals surface area contributed by atoms with E-state index in [2.05, 4.69) is 0 Å². The summed E-state index contributed by atoms with van der Waals surface area (Å²) in [5.41, 5.74) is 4.05. The van der Waals surface area contributed by atoms with Gasteiger partial charge in [0.1, 0.15) is 28.7 Å². The van der Waals surface area contributed by atoms with E-state index >= 15 is 0 Å². The van der Waals surface area contributed by atoms with E-state index in [0.29, 0.717) is 0 Å². The molecular formula is C23H17FO4S. The van der Waals surface area contributed by atoms with Crippen molar-refractivity contribution in [3.05, 3.63) is 95.3 Å². The van der Waals surface area contributed by atoms with E-state index in [0.717, 1.165) is 27.8 Å². The zero-order chi connectivity index (χ0) is 20.2. The molecule has 2 bridgehead atoms. The van der Waals surface area contributed by atoms with Crippen LogP contribution >= 0.6 is 0 Å². The van der Waals surface area contributed by atoms with E-state index in [1.165, 1.54) is 24.3 Å². The van der Waals surface area contributed by atoms with E-state index in [9.17, 15) is 12.8 Å². The molecule has 3 aromatic rings. The summed E-state index contributed by atoms with van der Waals surface area (Å²) in [5, 5.41) is 0. The maximum atomic E-state index is 13.3. The number of halogens is 1. The molecule has 2 aliphatic rings. The topological polar surface area (TPSA) is 52.6 Å². The molecule has 146 valence electrons. The summed E-state index contributed by atoms with van der Waals surface area (Å²) in [6, 6.07) is 16.2. The molecule has 5 rings (SSSR count). The van der Waals surface area contributed by atoms with Crippen molar-refractivity contribution in [2.24, 2.45) is 0 Å². The van der Waals surface area contributed by atoms with Gasteiger partial charge in [0, 0.05) is 5.56 Å². The summed E-state index contributed by atoms with van der Waals surface area (Å²) >= 11 is 0. The maximum Gasteiger partial charge on any atom is 0.339 e. The summed E-state index contributed by atoms with van der Waals surface area (Å²) in [4.78, 5) is 0.0867. The molecule has 0 aromatic heterocycles. The quantitative estimate of drug-likeness (QED) is 0.437. The van der Waals surface area contributed by atoms with Gasteiger partial charge in [-0.05, 0) is 60.0 Å². The molecule has 3 aromatic carbocycles. The molecule has 2 unspecified atom stereocenters. The minimum Gasteiger partial charge on any atom is -0.379 e. The van der Waals surface area contributed by atoms with Gasteiger partial charge in [-0.2, -0.15) is 8.42 Å². The lowest BCUT2D eigenvalue weighted by molar-refractivity contribution is 0.0874. The van der Waals surface area contributed by atoms with Gasteiger partial charge in [0.25, 0.3) is 0 Å². The minimum atomic E-state index is -4.01. The third-order valence-electron chi connectivity index (χ3n) is 5.21. The summed E-state index contributed by atoms with van der Waals surface area (Å²) in [5.74, 6) is -0.0992. The standard InChI is InChI=1S/C23H17FO4S/c1-14-2-8-18(9-3-14)29(25,26)28-22-13-16(15-4-6-17(24)7-5-15)12-19-20-10-11-21(27-20)23(19)22/h2-13,20-21H,1H3. The molecule has 0 fully saturated rings. The zero-order valence-corrected chi connectivity index (χ0v) is 16.3. The number of hydrogen-bond acceptors (Lipinski definition) is 4. The van der Waals surface area contributed by atoms with Crippen molar-refractivity contribution in [1.82, 2.24) is 0 Å². The van der Waals surface area contributed by atoms with Crippen LogP contribution in [0.15, 0.2) is 77.7 Å². The van der Waals surface area contributed by atoms with Crippen LogP contribution in [-0.4, -0.2) is 8.42 Å². The molecule has 0 radical (unpaired) electrons. The Labute approximate surface area is 168 Å². The van der Waals surface area contributed by atoms with Gasteiger partial charge in [0.05, 0.1) is 0 Å². The average Bonchev–Trinajstić information content (AvgIpc) is 3.31. The molecule has 0 amide bonds. The fourth-order valence-corrected chi connectivity index (χ4v) is 4.67. The molecule has 2 aliphatic heterocycles. The van der Waals surface area contributed by atoms with Crippen molar-refractivity contribution in [3.63, 3.8) is 0 Å². The molecule has 0 saturated heterocycles. The van der Waals surface area contributed by atoms with Crippen LogP contribution in [0.2, 0.25) is 0 Å². The lowest BCUT2D eigenvalue weighted by Gasteiger charge is -2.16. The fraction of sp³-hybridized carbons (Fsp3) is 0.130. The van der Waals surface area contributed by atoms with Crippen LogP contribution in [0.25, 0.3) is 11.1 Å². The first-order valence-corrected chi connectivity index (χ1v) is 10.6. The van der Waals surface area contributed by atoms with Gasteiger partial charge in [-0.15, -0.1) is 0 Å². The van der Waals surface area contributed by atoms with Crippen LogP contribution in [0.5, 0.6) is 5.75 Å². The van der Waals surface area contributed by atoms with Gasteiger partial charge in [-0.25, -0.2) is 4.39 Å². The van der Waals surface area contributed by atoms with Crippen molar-refractivity contribution in [1.29, 1.82) is 0 Å². The smallest absolute Gasteiger partial charge is 0.339 e. The van der Waals surface area contributed by atoms with Crippen LogP contribution in [0.1, 0.15) is 28.9 Å². The third kappa shape index (κ3) is 3.14. The van der Waals surface area contributed by atoms with E-state index in [1.807, 2.05) is 25.1 Å². The Morgan fingerprint density at radius 2 is 1.59 bits per heavy atom. The summed E-state index contributed by atoms with van der Waals surface area (Å²) < 4.78 is 50.6. The highest BCUT2D eigenvalue weighted by atomic mass is 32.2. The Morgan fingerprint density at radius 1 is 0.897 bits per heavy atom. The first-order valence-electron chi connectivity index (χ1n) is 9.19. The zero-order valence-electron chi connectivity index (χ0n) is 15.5. The van der Waals surface area contributed by atoms with Gasteiger partial charge < -0.3 is 8.92 Å². The number of fused-ring (bicyclic) bond motifs is 5. The third-order valence-corrected chi connectivity index (χ3v) is 6.45. The van der Waals surface area contributed by atoms with Gasteiger partial charge >= 0.3 is 10.1 Å². The molecular weight excluding hydrogens is 391 g/mol. The molecule has 0 N–H and O–H groups in total. The normalized spacial score (nSPS) is 19.4. The second-order valence-corrected chi connectivity index (χ2v) is 8.74. The number of rotatable bonds is 4. The van der Waals surface area contributed by atoms with Gasteiger partial charge in [0.15, 0.2) is 0 Å². The van der Waals surface area contributed by atoms with E-state index in [4.69, 9.17) is 8.92 Å². The predicted octanol–water partition coefficient (Wildman–Crippen LogP) is 5.25.